The lowest BCUT2D eigenvalue weighted by atomic mass is 9.82. The number of rotatable bonds is 3. The van der Waals surface area contributed by atoms with Crippen LogP contribution in [-0.2, 0) is 4.79 Å². The summed E-state index contributed by atoms with van der Waals surface area (Å²) < 4.78 is 0. The third kappa shape index (κ3) is 3.14. The number of carbonyl (C=O) groups excluding carboxylic acids is 1. The Balaban J connectivity index is 1.34. The highest BCUT2D eigenvalue weighted by Gasteiger charge is 2.45. The zero-order valence-electron chi connectivity index (χ0n) is 13.7. The molecule has 1 aliphatic carbocycles. The van der Waals surface area contributed by atoms with Crippen molar-refractivity contribution in [1.82, 2.24) is 10.2 Å². The van der Waals surface area contributed by atoms with Gasteiger partial charge in [-0.15, -0.1) is 0 Å². The first-order valence-corrected chi connectivity index (χ1v) is 9.27. The molecule has 4 heteroatoms. The number of carbonyl (C=O) groups is 1. The van der Waals surface area contributed by atoms with Crippen LogP contribution in [-0.4, -0.2) is 36.0 Å². The highest BCUT2D eigenvalue weighted by atomic mass is 35.5. The summed E-state index contributed by atoms with van der Waals surface area (Å²) in [5, 5.41) is 4.11. The predicted molar refractivity (Wildman–Crippen MR) is 92.7 cm³/mol. The number of hydrogen-bond donors (Lipinski definition) is 1. The lowest BCUT2D eigenvalue weighted by Gasteiger charge is -2.47. The number of amides is 1. The van der Waals surface area contributed by atoms with Gasteiger partial charge < -0.3 is 10.2 Å². The largest absolute Gasteiger partial charge is 0.353 e. The Morgan fingerprint density at radius 3 is 2.43 bits per heavy atom. The quantitative estimate of drug-likeness (QED) is 0.917. The van der Waals surface area contributed by atoms with E-state index >= 15 is 0 Å². The van der Waals surface area contributed by atoms with Gasteiger partial charge in [-0.2, -0.15) is 0 Å². The molecule has 0 spiro atoms. The molecule has 3 fully saturated rings. The summed E-state index contributed by atoms with van der Waals surface area (Å²) in [6.45, 7) is 0. The fraction of sp³-hybridized carbons (Fsp3) is 0.632. The maximum atomic E-state index is 12.6. The molecule has 2 bridgehead atoms. The van der Waals surface area contributed by atoms with Crippen LogP contribution in [0.25, 0.3) is 0 Å². The van der Waals surface area contributed by atoms with Gasteiger partial charge in [-0.1, -0.05) is 30.2 Å². The standard InChI is InChI=1S/C19H25ClN2O/c1-22-15-3-2-4-16(22)10-14(9-15)21-19(23)18-11-17(18)12-5-7-13(20)8-6-12/h5-8,14-18H,2-4,9-11H2,1H3,(H,21,23)/t15-,16-,17-,18-/m0/s1. The molecule has 3 aliphatic rings. The fourth-order valence-electron chi connectivity index (χ4n) is 4.61. The molecule has 4 atom stereocenters. The molecule has 23 heavy (non-hydrogen) atoms. The van der Waals surface area contributed by atoms with Crippen LogP contribution >= 0.6 is 11.6 Å². The topological polar surface area (TPSA) is 32.3 Å². The number of nitrogens with zero attached hydrogens (tertiary/aromatic N) is 1. The summed E-state index contributed by atoms with van der Waals surface area (Å²) in [5.74, 6) is 0.811. The molecule has 124 valence electrons. The van der Waals surface area contributed by atoms with Crippen LogP contribution in [0.3, 0.4) is 0 Å². The first-order chi connectivity index (χ1) is 11.1. The predicted octanol–water partition coefficient (Wildman–Crippen LogP) is 3.58. The van der Waals surface area contributed by atoms with E-state index < -0.39 is 0 Å². The SMILES string of the molecule is CN1[C@H]2CCC[C@H]1CC(NC(=O)[C@H]1C[C@H]1c1ccc(Cl)cc1)C2. The van der Waals surface area contributed by atoms with E-state index in [0.717, 1.165) is 24.3 Å². The maximum Gasteiger partial charge on any atom is 0.223 e. The normalized spacial score (nSPS) is 36.5. The maximum absolute atomic E-state index is 12.6. The Hall–Kier alpha value is -1.06. The first-order valence-electron chi connectivity index (χ1n) is 8.89. The zero-order chi connectivity index (χ0) is 16.0. The van der Waals surface area contributed by atoms with Crippen molar-refractivity contribution >= 4 is 17.5 Å². The van der Waals surface area contributed by atoms with E-state index in [0.29, 0.717) is 24.0 Å². The van der Waals surface area contributed by atoms with Gasteiger partial charge in [-0.3, -0.25) is 4.79 Å². The monoisotopic (exact) mass is 332 g/mol. The number of nitrogens with one attached hydrogen (secondary N) is 1. The van der Waals surface area contributed by atoms with Gasteiger partial charge in [0.2, 0.25) is 5.91 Å². The number of hydrogen-bond acceptors (Lipinski definition) is 2. The van der Waals surface area contributed by atoms with Crippen LogP contribution in [0.5, 0.6) is 0 Å². The second-order valence-corrected chi connectivity index (χ2v) is 8.02. The minimum atomic E-state index is 0.163. The second kappa shape index (κ2) is 6.10. The molecule has 0 unspecified atom stereocenters. The van der Waals surface area contributed by atoms with Crippen molar-refractivity contribution in [2.45, 2.75) is 62.6 Å². The highest BCUT2D eigenvalue weighted by Crippen LogP contribution is 2.48. The molecule has 2 heterocycles. The van der Waals surface area contributed by atoms with Crippen LogP contribution < -0.4 is 5.32 Å². The molecule has 1 amide bonds. The smallest absolute Gasteiger partial charge is 0.223 e. The van der Waals surface area contributed by atoms with E-state index in [1.54, 1.807) is 0 Å². The van der Waals surface area contributed by atoms with Crippen molar-refractivity contribution in [2.75, 3.05) is 7.05 Å². The molecule has 3 nitrogen and oxygen atoms in total. The Kier molecular flexibility index (Phi) is 4.10. The number of piperidine rings is 2. The minimum absolute atomic E-state index is 0.163. The Labute approximate surface area is 143 Å². The summed E-state index contributed by atoms with van der Waals surface area (Å²) in [5.41, 5.74) is 1.25. The summed E-state index contributed by atoms with van der Waals surface area (Å²) in [7, 11) is 2.25. The van der Waals surface area contributed by atoms with Crippen LogP contribution in [0.15, 0.2) is 24.3 Å². The molecular formula is C19H25ClN2O. The molecule has 4 rings (SSSR count). The number of benzene rings is 1. The van der Waals surface area contributed by atoms with Crippen molar-refractivity contribution in [3.8, 4) is 0 Å². The van der Waals surface area contributed by atoms with Crippen LogP contribution in [0.4, 0.5) is 0 Å². The molecule has 1 N–H and O–H groups in total. The molecule has 1 aromatic rings. The molecule has 2 aliphatic heterocycles. The van der Waals surface area contributed by atoms with Crippen LogP contribution in [0, 0.1) is 5.92 Å². The van der Waals surface area contributed by atoms with Crippen molar-refractivity contribution in [1.29, 1.82) is 0 Å². The van der Waals surface area contributed by atoms with Crippen LogP contribution in [0.1, 0.15) is 50.0 Å². The zero-order valence-corrected chi connectivity index (χ0v) is 14.4. The summed E-state index contributed by atoms with van der Waals surface area (Å²) in [6, 6.07) is 9.66. The summed E-state index contributed by atoms with van der Waals surface area (Å²) in [4.78, 5) is 15.1. The van der Waals surface area contributed by atoms with E-state index in [1.807, 2.05) is 12.1 Å². The average Bonchev–Trinajstić information content (AvgIpc) is 3.30. The minimum Gasteiger partial charge on any atom is -0.353 e. The molecule has 0 radical (unpaired) electrons. The van der Waals surface area contributed by atoms with Gasteiger partial charge in [0.25, 0.3) is 0 Å². The number of fused-ring (bicyclic) bond motifs is 2. The van der Waals surface area contributed by atoms with E-state index in [4.69, 9.17) is 11.6 Å². The summed E-state index contributed by atoms with van der Waals surface area (Å²) >= 11 is 5.94. The third-order valence-electron chi connectivity index (χ3n) is 6.11. The average molecular weight is 333 g/mol. The van der Waals surface area contributed by atoms with Crippen molar-refractivity contribution in [3.05, 3.63) is 34.9 Å². The van der Waals surface area contributed by atoms with Crippen molar-refractivity contribution in [3.63, 3.8) is 0 Å². The van der Waals surface area contributed by atoms with E-state index in [2.05, 4.69) is 29.4 Å². The second-order valence-electron chi connectivity index (χ2n) is 7.58. The van der Waals surface area contributed by atoms with Gasteiger partial charge in [0.15, 0.2) is 0 Å². The van der Waals surface area contributed by atoms with Gasteiger partial charge in [0.05, 0.1) is 0 Å². The van der Waals surface area contributed by atoms with Gasteiger partial charge in [-0.25, -0.2) is 0 Å². The fourth-order valence-corrected chi connectivity index (χ4v) is 4.73. The highest BCUT2D eigenvalue weighted by molar-refractivity contribution is 6.30. The Morgan fingerprint density at radius 1 is 1.13 bits per heavy atom. The Morgan fingerprint density at radius 2 is 1.78 bits per heavy atom. The van der Waals surface area contributed by atoms with Crippen molar-refractivity contribution < 1.29 is 4.79 Å². The van der Waals surface area contributed by atoms with Gasteiger partial charge in [0, 0.05) is 29.1 Å². The molecule has 1 saturated carbocycles. The number of halogens is 1. The van der Waals surface area contributed by atoms with E-state index in [1.165, 1.54) is 24.8 Å². The molecule has 1 aromatic carbocycles. The Bertz CT molecular complexity index is 574. The van der Waals surface area contributed by atoms with Gasteiger partial charge in [0.1, 0.15) is 0 Å². The molecular weight excluding hydrogens is 308 g/mol. The lowest BCUT2D eigenvalue weighted by Crippen LogP contribution is -2.55. The summed E-state index contributed by atoms with van der Waals surface area (Å²) in [6.07, 6.45) is 7.15. The van der Waals surface area contributed by atoms with Gasteiger partial charge >= 0.3 is 0 Å². The lowest BCUT2D eigenvalue weighted by molar-refractivity contribution is -0.123. The molecule has 2 saturated heterocycles. The third-order valence-corrected chi connectivity index (χ3v) is 6.36. The molecule has 0 aromatic heterocycles. The van der Waals surface area contributed by atoms with Crippen LogP contribution in [0.2, 0.25) is 5.02 Å². The van der Waals surface area contributed by atoms with E-state index in [-0.39, 0.29) is 11.8 Å². The van der Waals surface area contributed by atoms with Gasteiger partial charge in [-0.05, 0) is 62.8 Å². The van der Waals surface area contributed by atoms with Crippen molar-refractivity contribution in [2.24, 2.45) is 5.92 Å². The first kappa shape index (κ1) is 15.5. The van der Waals surface area contributed by atoms with E-state index in [9.17, 15) is 4.79 Å².